The van der Waals surface area contributed by atoms with Crippen molar-refractivity contribution in [1.29, 1.82) is 0 Å². The van der Waals surface area contributed by atoms with Gasteiger partial charge in [0.1, 0.15) is 5.82 Å². The van der Waals surface area contributed by atoms with E-state index >= 15 is 0 Å². The average molecular weight is 301 g/mol. The van der Waals surface area contributed by atoms with Crippen molar-refractivity contribution in [2.24, 2.45) is 5.92 Å². The number of halogens is 3. The van der Waals surface area contributed by atoms with Crippen LogP contribution in [0.25, 0.3) is 0 Å². The van der Waals surface area contributed by atoms with Crippen molar-refractivity contribution in [3.8, 4) is 0 Å². The van der Waals surface area contributed by atoms with Crippen molar-refractivity contribution in [3.05, 3.63) is 29.6 Å². The van der Waals surface area contributed by atoms with Gasteiger partial charge in [0.2, 0.25) is 11.8 Å². The fourth-order valence-electron chi connectivity index (χ4n) is 2.34. The van der Waals surface area contributed by atoms with Crippen molar-refractivity contribution in [2.45, 2.75) is 31.6 Å². The van der Waals surface area contributed by atoms with Gasteiger partial charge in [-0.15, -0.1) is 0 Å². The normalized spacial score (nSPS) is 18.2. The summed E-state index contributed by atoms with van der Waals surface area (Å²) < 4.78 is 39.2. The number of aromatic carboxylic acids is 1. The predicted octanol–water partition coefficient (Wildman–Crippen LogP) is 3.29. The number of rotatable bonds is 3. The van der Waals surface area contributed by atoms with Gasteiger partial charge in [-0.2, -0.15) is 0 Å². The first-order chi connectivity index (χ1) is 9.78. The summed E-state index contributed by atoms with van der Waals surface area (Å²) in [7, 11) is 0. The minimum absolute atomic E-state index is 0.0244. The molecule has 1 aromatic rings. The molecule has 4 nitrogen and oxygen atoms in total. The highest BCUT2D eigenvalue weighted by Crippen LogP contribution is 2.36. The van der Waals surface area contributed by atoms with Crippen molar-refractivity contribution >= 4 is 17.6 Å². The van der Waals surface area contributed by atoms with Crippen LogP contribution in [-0.4, -0.2) is 22.9 Å². The van der Waals surface area contributed by atoms with Crippen LogP contribution in [0.1, 0.15) is 36.0 Å². The standard InChI is InChI=1S/C14H14F3NO3/c15-9-1-2-10(13(20)21)11(7-9)18-12(19)8-3-5-14(16,17)6-4-8/h1-2,7-8H,3-6H2,(H,18,19)(H,20,21). The molecule has 0 aliphatic heterocycles. The Hall–Kier alpha value is -2.05. The number of carboxylic acid groups (broad SMARTS) is 1. The number of alkyl halides is 2. The summed E-state index contributed by atoms with van der Waals surface area (Å²) in [6, 6.07) is 2.92. The number of carbonyl (C=O) groups excluding carboxylic acids is 1. The fraction of sp³-hybridized carbons (Fsp3) is 0.429. The van der Waals surface area contributed by atoms with Gasteiger partial charge >= 0.3 is 5.97 Å². The maximum Gasteiger partial charge on any atom is 0.337 e. The second-order valence-corrected chi connectivity index (χ2v) is 5.11. The Bertz CT molecular complexity index is 565. The molecule has 0 spiro atoms. The van der Waals surface area contributed by atoms with E-state index < -0.39 is 29.5 Å². The lowest BCUT2D eigenvalue weighted by Gasteiger charge is -2.27. The SMILES string of the molecule is O=C(O)c1ccc(F)cc1NC(=O)C1CCC(F)(F)CC1. The van der Waals surface area contributed by atoms with Crippen molar-refractivity contribution in [3.63, 3.8) is 0 Å². The molecule has 2 N–H and O–H groups in total. The van der Waals surface area contributed by atoms with Crippen LogP contribution in [0.15, 0.2) is 18.2 Å². The molecule has 0 aromatic heterocycles. The molecule has 1 aliphatic carbocycles. The van der Waals surface area contributed by atoms with Crippen molar-refractivity contribution in [2.75, 3.05) is 5.32 Å². The summed E-state index contributed by atoms with van der Waals surface area (Å²) in [5.74, 6) is -5.92. The zero-order valence-corrected chi connectivity index (χ0v) is 11.0. The summed E-state index contributed by atoms with van der Waals surface area (Å²) in [6.07, 6.45) is -0.701. The summed E-state index contributed by atoms with van der Waals surface area (Å²) in [4.78, 5) is 23.0. The molecule has 0 radical (unpaired) electrons. The Morgan fingerprint density at radius 2 is 1.86 bits per heavy atom. The summed E-state index contributed by atoms with van der Waals surface area (Å²) in [5, 5.41) is 11.3. The summed E-state index contributed by atoms with van der Waals surface area (Å²) in [6.45, 7) is 0. The maximum absolute atomic E-state index is 13.2. The maximum atomic E-state index is 13.2. The molecule has 21 heavy (non-hydrogen) atoms. The van der Waals surface area contributed by atoms with E-state index in [-0.39, 0.29) is 36.9 Å². The molecule has 1 aromatic carbocycles. The largest absolute Gasteiger partial charge is 0.478 e. The number of hydrogen-bond acceptors (Lipinski definition) is 2. The van der Waals surface area contributed by atoms with Gasteiger partial charge in [0.05, 0.1) is 11.3 Å². The van der Waals surface area contributed by atoms with Crippen LogP contribution >= 0.6 is 0 Å². The van der Waals surface area contributed by atoms with Crippen LogP contribution in [0.2, 0.25) is 0 Å². The minimum atomic E-state index is -2.75. The van der Waals surface area contributed by atoms with E-state index in [1.54, 1.807) is 0 Å². The molecule has 1 saturated carbocycles. The third-order valence-corrected chi connectivity index (χ3v) is 3.56. The van der Waals surface area contributed by atoms with E-state index in [2.05, 4.69) is 5.32 Å². The lowest BCUT2D eigenvalue weighted by molar-refractivity contribution is -0.124. The van der Waals surface area contributed by atoms with Gasteiger partial charge in [0.25, 0.3) is 0 Å². The molecule has 0 saturated heterocycles. The van der Waals surface area contributed by atoms with Crippen LogP contribution in [0.4, 0.5) is 18.9 Å². The molecule has 114 valence electrons. The van der Waals surface area contributed by atoms with Crippen LogP contribution in [0.5, 0.6) is 0 Å². The molecule has 0 atom stereocenters. The minimum Gasteiger partial charge on any atom is -0.478 e. The molecular formula is C14H14F3NO3. The zero-order valence-electron chi connectivity index (χ0n) is 11.0. The van der Waals surface area contributed by atoms with E-state index in [1.807, 2.05) is 0 Å². The highest BCUT2D eigenvalue weighted by Gasteiger charge is 2.37. The first-order valence-corrected chi connectivity index (χ1v) is 6.50. The zero-order chi connectivity index (χ0) is 15.6. The van der Waals surface area contributed by atoms with Gasteiger partial charge in [0.15, 0.2) is 0 Å². The third-order valence-electron chi connectivity index (χ3n) is 3.56. The molecule has 0 bridgehead atoms. The van der Waals surface area contributed by atoms with Gasteiger partial charge in [-0.05, 0) is 31.0 Å². The smallest absolute Gasteiger partial charge is 0.337 e. The Balaban J connectivity index is 2.10. The molecule has 1 aliphatic rings. The van der Waals surface area contributed by atoms with Gasteiger partial charge in [0, 0.05) is 18.8 Å². The number of nitrogens with one attached hydrogen (secondary N) is 1. The Morgan fingerprint density at radius 3 is 2.43 bits per heavy atom. The highest BCUT2D eigenvalue weighted by molar-refractivity contribution is 6.01. The van der Waals surface area contributed by atoms with Gasteiger partial charge in [-0.3, -0.25) is 4.79 Å². The Labute approximate surface area is 119 Å². The quantitative estimate of drug-likeness (QED) is 0.900. The predicted molar refractivity (Wildman–Crippen MR) is 68.9 cm³/mol. The van der Waals surface area contributed by atoms with Gasteiger partial charge in [-0.25, -0.2) is 18.0 Å². The molecule has 1 fully saturated rings. The molecule has 0 unspecified atom stereocenters. The van der Waals surface area contributed by atoms with E-state index in [1.165, 1.54) is 0 Å². The topological polar surface area (TPSA) is 66.4 Å². The van der Waals surface area contributed by atoms with E-state index in [9.17, 15) is 22.8 Å². The number of benzene rings is 1. The van der Waals surface area contributed by atoms with E-state index in [4.69, 9.17) is 5.11 Å². The number of hydrogen-bond donors (Lipinski definition) is 2. The molecule has 0 heterocycles. The lowest BCUT2D eigenvalue weighted by atomic mass is 9.86. The van der Waals surface area contributed by atoms with E-state index in [0.717, 1.165) is 18.2 Å². The Kier molecular flexibility index (Phi) is 4.20. The first-order valence-electron chi connectivity index (χ1n) is 6.50. The van der Waals surface area contributed by atoms with Crippen LogP contribution in [0, 0.1) is 11.7 Å². The van der Waals surface area contributed by atoms with Crippen LogP contribution in [0.3, 0.4) is 0 Å². The second-order valence-electron chi connectivity index (χ2n) is 5.11. The number of carbonyl (C=O) groups is 2. The number of anilines is 1. The summed E-state index contributed by atoms with van der Waals surface area (Å²) in [5.41, 5.74) is -0.407. The monoisotopic (exact) mass is 301 g/mol. The molecule has 2 rings (SSSR count). The fourth-order valence-corrected chi connectivity index (χ4v) is 2.34. The number of carboxylic acids is 1. The lowest BCUT2D eigenvalue weighted by Crippen LogP contribution is -2.32. The highest BCUT2D eigenvalue weighted by atomic mass is 19.3. The molecule has 7 heteroatoms. The number of amides is 1. The first kappa shape index (κ1) is 15.3. The molecular weight excluding hydrogens is 287 g/mol. The average Bonchev–Trinajstić information content (AvgIpc) is 2.38. The van der Waals surface area contributed by atoms with Crippen molar-refractivity contribution < 1.29 is 27.9 Å². The molecule has 1 amide bonds. The van der Waals surface area contributed by atoms with Gasteiger partial charge < -0.3 is 10.4 Å². The van der Waals surface area contributed by atoms with Gasteiger partial charge in [-0.1, -0.05) is 0 Å². The van der Waals surface area contributed by atoms with Crippen LogP contribution in [-0.2, 0) is 4.79 Å². The summed E-state index contributed by atoms with van der Waals surface area (Å²) >= 11 is 0. The van der Waals surface area contributed by atoms with Crippen molar-refractivity contribution in [1.82, 2.24) is 0 Å². The van der Waals surface area contributed by atoms with Crippen LogP contribution < -0.4 is 5.32 Å². The Morgan fingerprint density at radius 1 is 1.24 bits per heavy atom. The second kappa shape index (κ2) is 5.75. The third kappa shape index (κ3) is 3.74. The van der Waals surface area contributed by atoms with E-state index in [0.29, 0.717) is 0 Å².